The second-order valence-corrected chi connectivity index (χ2v) is 3.48. The first-order chi connectivity index (χ1) is 7.74. The number of benzene rings is 1. The second kappa shape index (κ2) is 6.65. The number of nitrogens with two attached hydrogens (primary N) is 1. The Morgan fingerprint density at radius 1 is 1.38 bits per heavy atom. The summed E-state index contributed by atoms with van der Waals surface area (Å²) in [7, 11) is 0. The highest BCUT2D eigenvalue weighted by Gasteiger charge is 2.14. The van der Waals surface area contributed by atoms with Crippen LogP contribution in [0.5, 0.6) is 0 Å². The molecular weight excluding hydrogens is 202 g/mol. The van der Waals surface area contributed by atoms with Crippen molar-refractivity contribution < 1.29 is 9.90 Å². The van der Waals surface area contributed by atoms with Gasteiger partial charge in [0.15, 0.2) is 0 Å². The number of carbonyl (C=O) groups is 1. The zero-order chi connectivity index (χ0) is 11.8. The lowest BCUT2D eigenvalue weighted by atomic mass is 10.0. The van der Waals surface area contributed by atoms with Gasteiger partial charge in [-0.2, -0.15) is 0 Å². The van der Waals surface area contributed by atoms with Crippen LogP contribution in [0.15, 0.2) is 30.3 Å². The summed E-state index contributed by atoms with van der Waals surface area (Å²) >= 11 is 0. The molecule has 3 heteroatoms. The molecule has 0 aliphatic rings. The summed E-state index contributed by atoms with van der Waals surface area (Å²) in [6.07, 6.45) is 0.820. The van der Waals surface area contributed by atoms with E-state index in [0.29, 0.717) is 19.4 Å². The van der Waals surface area contributed by atoms with E-state index in [0.717, 1.165) is 5.56 Å². The summed E-state index contributed by atoms with van der Waals surface area (Å²) in [4.78, 5) is 10.8. The molecule has 1 rings (SSSR count). The molecule has 1 aromatic carbocycles. The smallest absolute Gasteiger partial charge is 0.307 e. The summed E-state index contributed by atoms with van der Waals surface area (Å²) < 4.78 is 0. The van der Waals surface area contributed by atoms with Crippen molar-refractivity contribution in [3.8, 4) is 11.8 Å². The van der Waals surface area contributed by atoms with Gasteiger partial charge in [-0.15, -0.1) is 0 Å². The molecule has 0 heterocycles. The number of carboxylic acid groups (broad SMARTS) is 1. The quantitative estimate of drug-likeness (QED) is 0.751. The predicted octanol–water partition coefficient (Wildman–Crippen LogP) is 1.48. The standard InChI is InChI=1S/C13H15NO2/c14-10-9-12(13(15)16)8-4-7-11-5-2-1-3-6-11/h1-3,5-6,12H,8-10,14H2,(H,15,16). The molecule has 84 valence electrons. The number of rotatable bonds is 4. The van der Waals surface area contributed by atoms with Crippen LogP contribution in [0.25, 0.3) is 0 Å². The van der Waals surface area contributed by atoms with E-state index in [2.05, 4.69) is 11.8 Å². The Hall–Kier alpha value is -1.79. The summed E-state index contributed by atoms with van der Waals surface area (Å²) in [6.45, 7) is 0.379. The van der Waals surface area contributed by atoms with Gasteiger partial charge in [0.2, 0.25) is 0 Å². The van der Waals surface area contributed by atoms with Crippen molar-refractivity contribution >= 4 is 5.97 Å². The molecule has 16 heavy (non-hydrogen) atoms. The maximum Gasteiger partial charge on any atom is 0.307 e. The van der Waals surface area contributed by atoms with Gasteiger partial charge in [0.05, 0.1) is 5.92 Å². The highest BCUT2D eigenvalue weighted by atomic mass is 16.4. The molecule has 0 aliphatic carbocycles. The first-order valence-corrected chi connectivity index (χ1v) is 5.21. The Morgan fingerprint density at radius 2 is 2.06 bits per heavy atom. The number of carboxylic acids is 1. The normalized spacial score (nSPS) is 11.3. The number of aliphatic carboxylic acids is 1. The SMILES string of the molecule is NCCC(CC#Cc1ccccc1)C(=O)O. The molecular formula is C13H15NO2. The Bertz CT molecular complexity index is 389. The molecule has 0 saturated heterocycles. The van der Waals surface area contributed by atoms with E-state index < -0.39 is 11.9 Å². The highest BCUT2D eigenvalue weighted by molar-refractivity contribution is 5.70. The zero-order valence-corrected chi connectivity index (χ0v) is 9.02. The topological polar surface area (TPSA) is 63.3 Å². The summed E-state index contributed by atoms with van der Waals surface area (Å²) in [5.41, 5.74) is 6.24. The van der Waals surface area contributed by atoms with Crippen molar-refractivity contribution in [1.82, 2.24) is 0 Å². The van der Waals surface area contributed by atoms with Crippen LogP contribution in [0, 0.1) is 17.8 Å². The lowest BCUT2D eigenvalue weighted by molar-refractivity contribution is -0.141. The van der Waals surface area contributed by atoms with E-state index in [1.54, 1.807) is 0 Å². The Morgan fingerprint density at radius 3 is 2.62 bits per heavy atom. The Balaban J connectivity index is 2.55. The molecule has 0 fully saturated rings. The fraction of sp³-hybridized carbons (Fsp3) is 0.308. The third-order valence-corrected chi connectivity index (χ3v) is 2.22. The fourth-order valence-corrected chi connectivity index (χ4v) is 1.31. The average Bonchev–Trinajstić information content (AvgIpc) is 2.29. The van der Waals surface area contributed by atoms with Gasteiger partial charge in [0.1, 0.15) is 0 Å². The fourth-order valence-electron chi connectivity index (χ4n) is 1.31. The highest BCUT2D eigenvalue weighted by Crippen LogP contribution is 2.07. The lowest BCUT2D eigenvalue weighted by Crippen LogP contribution is -2.17. The number of hydrogen-bond donors (Lipinski definition) is 2. The van der Waals surface area contributed by atoms with Crippen LogP contribution in [-0.2, 0) is 4.79 Å². The predicted molar refractivity (Wildman–Crippen MR) is 62.7 cm³/mol. The van der Waals surface area contributed by atoms with Crippen molar-refractivity contribution in [3.05, 3.63) is 35.9 Å². The van der Waals surface area contributed by atoms with Gasteiger partial charge in [0, 0.05) is 12.0 Å². The molecule has 0 bridgehead atoms. The first kappa shape index (κ1) is 12.3. The van der Waals surface area contributed by atoms with Crippen molar-refractivity contribution in [2.45, 2.75) is 12.8 Å². The lowest BCUT2D eigenvalue weighted by Gasteiger charge is -2.05. The molecule has 0 aliphatic heterocycles. The molecule has 0 saturated carbocycles. The van der Waals surface area contributed by atoms with Gasteiger partial charge in [-0.1, -0.05) is 30.0 Å². The van der Waals surface area contributed by atoms with Crippen LogP contribution in [0.3, 0.4) is 0 Å². The van der Waals surface area contributed by atoms with E-state index in [-0.39, 0.29) is 0 Å². The van der Waals surface area contributed by atoms with Gasteiger partial charge < -0.3 is 10.8 Å². The minimum absolute atomic E-state index is 0.349. The van der Waals surface area contributed by atoms with Crippen LogP contribution >= 0.6 is 0 Å². The Kier molecular flexibility index (Phi) is 5.10. The van der Waals surface area contributed by atoms with Gasteiger partial charge in [-0.3, -0.25) is 4.79 Å². The van der Waals surface area contributed by atoms with Crippen LogP contribution < -0.4 is 5.73 Å². The van der Waals surface area contributed by atoms with Crippen molar-refractivity contribution in [1.29, 1.82) is 0 Å². The zero-order valence-electron chi connectivity index (χ0n) is 9.02. The van der Waals surface area contributed by atoms with E-state index in [1.807, 2.05) is 30.3 Å². The number of hydrogen-bond acceptors (Lipinski definition) is 2. The molecule has 1 atom stereocenters. The monoisotopic (exact) mass is 217 g/mol. The Labute approximate surface area is 95.3 Å². The third kappa shape index (κ3) is 4.16. The molecule has 0 amide bonds. The molecule has 3 nitrogen and oxygen atoms in total. The van der Waals surface area contributed by atoms with Gasteiger partial charge in [-0.05, 0) is 25.1 Å². The summed E-state index contributed by atoms with van der Waals surface area (Å²) in [6, 6.07) is 9.51. The van der Waals surface area contributed by atoms with Crippen LogP contribution in [0.4, 0.5) is 0 Å². The van der Waals surface area contributed by atoms with Crippen LogP contribution in [0.2, 0.25) is 0 Å². The molecule has 1 aromatic rings. The first-order valence-electron chi connectivity index (χ1n) is 5.21. The van der Waals surface area contributed by atoms with Crippen molar-refractivity contribution in [2.24, 2.45) is 11.7 Å². The molecule has 1 unspecified atom stereocenters. The van der Waals surface area contributed by atoms with E-state index in [9.17, 15) is 4.79 Å². The van der Waals surface area contributed by atoms with Gasteiger partial charge in [0.25, 0.3) is 0 Å². The minimum Gasteiger partial charge on any atom is -0.481 e. The largest absolute Gasteiger partial charge is 0.481 e. The third-order valence-electron chi connectivity index (χ3n) is 2.22. The second-order valence-electron chi connectivity index (χ2n) is 3.48. The molecule has 3 N–H and O–H groups in total. The van der Waals surface area contributed by atoms with Crippen molar-refractivity contribution in [2.75, 3.05) is 6.54 Å². The van der Waals surface area contributed by atoms with E-state index in [4.69, 9.17) is 10.8 Å². The average molecular weight is 217 g/mol. The summed E-state index contributed by atoms with van der Waals surface area (Å²) in [5.74, 6) is 4.53. The molecule has 0 aromatic heterocycles. The maximum atomic E-state index is 10.8. The van der Waals surface area contributed by atoms with Crippen LogP contribution in [0.1, 0.15) is 18.4 Å². The van der Waals surface area contributed by atoms with E-state index in [1.165, 1.54) is 0 Å². The minimum atomic E-state index is -0.826. The van der Waals surface area contributed by atoms with Crippen molar-refractivity contribution in [3.63, 3.8) is 0 Å². The molecule has 0 spiro atoms. The van der Waals surface area contributed by atoms with E-state index >= 15 is 0 Å². The van der Waals surface area contributed by atoms with Gasteiger partial charge in [-0.25, -0.2) is 0 Å². The molecule has 0 radical (unpaired) electrons. The summed E-state index contributed by atoms with van der Waals surface area (Å²) in [5, 5.41) is 8.88. The van der Waals surface area contributed by atoms with Crippen LogP contribution in [-0.4, -0.2) is 17.6 Å². The maximum absolute atomic E-state index is 10.8. The van der Waals surface area contributed by atoms with Gasteiger partial charge >= 0.3 is 5.97 Å².